The van der Waals surface area contributed by atoms with Crippen LogP contribution in [0.1, 0.15) is 12.0 Å². The minimum atomic E-state index is -3.74. The Morgan fingerprint density at radius 1 is 0.917 bits per heavy atom. The van der Waals surface area contributed by atoms with Crippen molar-refractivity contribution in [3.05, 3.63) is 72.0 Å². The average molecular weight is 343 g/mol. The fraction of sp³-hybridized carbons (Fsp3) is 0.158. The van der Waals surface area contributed by atoms with Crippen LogP contribution in [0.5, 0.6) is 0 Å². The number of aryl methyl sites for hydroxylation is 1. The van der Waals surface area contributed by atoms with Gasteiger partial charge >= 0.3 is 0 Å². The fourth-order valence-electron chi connectivity index (χ4n) is 2.78. The summed E-state index contributed by atoms with van der Waals surface area (Å²) in [4.78, 5) is 0.123. The van der Waals surface area contributed by atoms with Crippen LogP contribution < -0.4 is 5.73 Å². The van der Waals surface area contributed by atoms with Crippen LogP contribution in [-0.4, -0.2) is 15.0 Å². The lowest BCUT2D eigenvalue weighted by Crippen LogP contribution is -2.03. The van der Waals surface area contributed by atoms with Gasteiger partial charge in [0.05, 0.1) is 9.79 Å². The SMILES string of the molecule is NCCCc1cccc2cc(S(=O)(=O)c3cccc(F)c3)ccc12. The molecule has 3 aromatic rings. The van der Waals surface area contributed by atoms with Crippen molar-refractivity contribution in [3.63, 3.8) is 0 Å². The number of nitrogens with two attached hydrogens (primary N) is 1. The fourth-order valence-corrected chi connectivity index (χ4v) is 4.10. The van der Waals surface area contributed by atoms with Gasteiger partial charge in [-0.25, -0.2) is 12.8 Å². The van der Waals surface area contributed by atoms with E-state index in [4.69, 9.17) is 5.73 Å². The molecule has 0 unspecified atom stereocenters. The smallest absolute Gasteiger partial charge is 0.206 e. The Labute approximate surface area is 140 Å². The lowest BCUT2D eigenvalue weighted by Gasteiger charge is -2.09. The van der Waals surface area contributed by atoms with Gasteiger partial charge in [0.25, 0.3) is 0 Å². The van der Waals surface area contributed by atoms with Gasteiger partial charge in [0.2, 0.25) is 9.84 Å². The van der Waals surface area contributed by atoms with Gasteiger partial charge < -0.3 is 5.73 Å². The van der Waals surface area contributed by atoms with Gasteiger partial charge in [-0.1, -0.05) is 30.3 Å². The van der Waals surface area contributed by atoms with Gasteiger partial charge in [-0.3, -0.25) is 0 Å². The molecule has 0 saturated heterocycles. The summed E-state index contributed by atoms with van der Waals surface area (Å²) < 4.78 is 38.8. The van der Waals surface area contributed by atoms with Crippen molar-refractivity contribution in [2.24, 2.45) is 5.73 Å². The molecule has 0 aliphatic rings. The van der Waals surface area contributed by atoms with Crippen LogP contribution in [0, 0.1) is 5.82 Å². The van der Waals surface area contributed by atoms with E-state index in [0.717, 1.165) is 35.2 Å². The Balaban J connectivity index is 2.08. The molecule has 3 rings (SSSR count). The molecule has 0 amide bonds. The second-order valence-electron chi connectivity index (χ2n) is 5.65. The minimum Gasteiger partial charge on any atom is -0.330 e. The summed E-state index contributed by atoms with van der Waals surface area (Å²) in [6.45, 7) is 0.614. The number of sulfone groups is 1. The summed E-state index contributed by atoms with van der Waals surface area (Å²) >= 11 is 0. The molecule has 0 atom stereocenters. The van der Waals surface area contributed by atoms with E-state index in [0.29, 0.717) is 6.54 Å². The first-order chi connectivity index (χ1) is 11.5. The van der Waals surface area contributed by atoms with Gasteiger partial charge in [0.1, 0.15) is 5.82 Å². The highest BCUT2D eigenvalue weighted by molar-refractivity contribution is 7.91. The number of fused-ring (bicyclic) bond motifs is 1. The zero-order valence-corrected chi connectivity index (χ0v) is 13.9. The molecule has 0 radical (unpaired) electrons. The van der Waals surface area contributed by atoms with Crippen molar-refractivity contribution < 1.29 is 12.8 Å². The lowest BCUT2D eigenvalue weighted by molar-refractivity contribution is 0.591. The van der Waals surface area contributed by atoms with Crippen LogP contribution in [-0.2, 0) is 16.3 Å². The molecule has 3 nitrogen and oxygen atoms in total. The van der Waals surface area contributed by atoms with Crippen LogP contribution in [0.4, 0.5) is 4.39 Å². The number of benzene rings is 3. The summed E-state index contributed by atoms with van der Waals surface area (Å²) in [5, 5.41) is 1.87. The van der Waals surface area contributed by atoms with Crippen molar-refractivity contribution in [2.45, 2.75) is 22.6 Å². The first-order valence-electron chi connectivity index (χ1n) is 7.75. The molecule has 2 N–H and O–H groups in total. The summed E-state index contributed by atoms with van der Waals surface area (Å²) in [5.74, 6) is -0.569. The van der Waals surface area contributed by atoms with E-state index >= 15 is 0 Å². The van der Waals surface area contributed by atoms with Gasteiger partial charge in [-0.05, 0) is 66.1 Å². The third-order valence-corrected chi connectivity index (χ3v) is 5.76. The zero-order chi connectivity index (χ0) is 17.2. The molecular weight excluding hydrogens is 325 g/mol. The van der Waals surface area contributed by atoms with Crippen LogP contribution in [0.25, 0.3) is 10.8 Å². The van der Waals surface area contributed by atoms with Crippen molar-refractivity contribution in [1.82, 2.24) is 0 Å². The number of halogens is 1. The maximum Gasteiger partial charge on any atom is 0.206 e. The van der Waals surface area contributed by atoms with Crippen molar-refractivity contribution in [2.75, 3.05) is 6.54 Å². The zero-order valence-electron chi connectivity index (χ0n) is 13.1. The third kappa shape index (κ3) is 3.18. The predicted octanol–water partition coefficient (Wildman–Crippen LogP) is 3.70. The maximum atomic E-state index is 13.4. The molecular formula is C19H18FNO2S. The normalized spacial score (nSPS) is 11.8. The molecule has 3 aromatic carbocycles. The molecule has 0 aromatic heterocycles. The Hall–Kier alpha value is -2.24. The lowest BCUT2D eigenvalue weighted by atomic mass is 10.0. The molecule has 0 aliphatic heterocycles. The van der Waals surface area contributed by atoms with Gasteiger partial charge in [0, 0.05) is 0 Å². The largest absolute Gasteiger partial charge is 0.330 e. The van der Waals surface area contributed by atoms with Crippen LogP contribution in [0.3, 0.4) is 0 Å². The standard InChI is InChI=1S/C19H18FNO2S/c20-16-7-2-8-17(13-16)24(22,23)18-9-10-19-14(6-3-11-21)4-1-5-15(19)12-18/h1-2,4-5,7-10,12-13H,3,6,11,21H2. The molecule has 0 saturated carbocycles. The number of hydrogen-bond donors (Lipinski definition) is 1. The summed E-state index contributed by atoms with van der Waals surface area (Å²) in [5.41, 5.74) is 6.71. The number of hydrogen-bond acceptors (Lipinski definition) is 3. The van der Waals surface area contributed by atoms with Crippen LogP contribution in [0.15, 0.2) is 70.5 Å². The molecule has 0 aliphatic carbocycles. The van der Waals surface area contributed by atoms with Gasteiger partial charge in [0.15, 0.2) is 0 Å². The van der Waals surface area contributed by atoms with Crippen molar-refractivity contribution in [3.8, 4) is 0 Å². The maximum absolute atomic E-state index is 13.4. The van der Waals surface area contributed by atoms with Crippen molar-refractivity contribution in [1.29, 1.82) is 0 Å². The van der Waals surface area contributed by atoms with E-state index in [1.807, 2.05) is 24.3 Å². The van der Waals surface area contributed by atoms with Crippen LogP contribution in [0.2, 0.25) is 0 Å². The topological polar surface area (TPSA) is 60.2 Å². The van der Waals surface area contributed by atoms with E-state index in [2.05, 4.69) is 0 Å². The van der Waals surface area contributed by atoms with E-state index < -0.39 is 15.7 Å². The summed E-state index contributed by atoms with van der Waals surface area (Å²) in [6.07, 6.45) is 1.73. The molecule has 124 valence electrons. The molecule has 0 spiro atoms. The average Bonchev–Trinajstić information content (AvgIpc) is 2.59. The predicted molar refractivity (Wildman–Crippen MR) is 93.2 cm³/mol. The van der Waals surface area contributed by atoms with Gasteiger partial charge in [-0.2, -0.15) is 0 Å². The molecule has 5 heteroatoms. The van der Waals surface area contributed by atoms with E-state index in [1.54, 1.807) is 12.1 Å². The molecule has 0 heterocycles. The van der Waals surface area contributed by atoms with E-state index in [1.165, 1.54) is 18.2 Å². The molecule has 0 bridgehead atoms. The monoisotopic (exact) mass is 343 g/mol. The van der Waals surface area contributed by atoms with Crippen molar-refractivity contribution >= 4 is 20.6 Å². The third-order valence-electron chi connectivity index (χ3n) is 4.01. The Morgan fingerprint density at radius 3 is 2.42 bits per heavy atom. The highest BCUT2D eigenvalue weighted by atomic mass is 32.2. The highest BCUT2D eigenvalue weighted by Gasteiger charge is 2.18. The van der Waals surface area contributed by atoms with Gasteiger partial charge in [-0.15, -0.1) is 0 Å². The highest BCUT2D eigenvalue weighted by Crippen LogP contribution is 2.27. The Kier molecular flexibility index (Phi) is 4.64. The van der Waals surface area contributed by atoms with E-state index in [-0.39, 0.29) is 9.79 Å². The first kappa shape index (κ1) is 16.6. The van der Waals surface area contributed by atoms with E-state index in [9.17, 15) is 12.8 Å². The summed E-state index contributed by atoms with van der Waals surface area (Å²) in [6, 6.07) is 15.9. The molecule has 0 fully saturated rings. The quantitative estimate of drug-likeness (QED) is 0.768. The van der Waals surface area contributed by atoms with Crippen LogP contribution >= 0.6 is 0 Å². The second kappa shape index (κ2) is 6.71. The Bertz CT molecular complexity index is 984. The number of rotatable bonds is 5. The molecule has 24 heavy (non-hydrogen) atoms. The summed E-state index contributed by atoms with van der Waals surface area (Å²) in [7, 11) is -3.74. The minimum absolute atomic E-state index is 0.0406. The first-order valence-corrected chi connectivity index (χ1v) is 9.23. The second-order valence-corrected chi connectivity index (χ2v) is 7.60. The Morgan fingerprint density at radius 2 is 1.67 bits per heavy atom.